The zero-order valence-corrected chi connectivity index (χ0v) is 17.0. The van der Waals surface area contributed by atoms with E-state index in [0.29, 0.717) is 18.4 Å². The number of nitriles is 1. The van der Waals surface area contributed by atoms with Gasteiger partial charge in [-0.3, -0.25) is 9.59 Å². The van der Waals surface area contributed by atoms with Gasteiger partial charge in [-0.15, -0.1) is 0 Å². The summed E-state index contributed by atoms with van der Waals surface area (Å²) in [6.07, 6.45) is 3.36. The number of anilines is 1. The molecule has 1 aromatic heterocycles. The molecule has 1 aliphatic rings. The Labute approximate surface area is 178 Å². The maximum atomic E-state index is 14.4. The fourth-order valence-corrected chi connectivity index (χ4v) is 3.74. The fraction of sp³-hybridized carbons (Fsp3) is 0.364. The summed E-state index contributed by atoms with van der Waals surface area (Å²) in [5, 5.41) is 14.1. The second-order valence-corrected chi connectivity index (χ2v) is 7.35. The van der Waals surface area contributed by atoms with Crippen molar-refractivity contribution in [2.45, 2.75) is 38.1 Å². The zero-order chi connectivity index (χ0) is 22.4. The summed E-state index contributed by atoms with van der Waals surface area (Å²) in [7, 11) is 1.36. The van der Waals surface area contributed by atoms with E-state index in [9.17, 15) is 18.4 Å². The van der Waals surface area contributed by atoms with Crippen LogP contribution in [0.3, 0.4) is 0 Å². The Balaban J connectivity index is 1.73. The molecule has 2 N–H and O–H groups in total. The van der Waals surface area contributed by atoms with Crippen LogP contribution < -0.4 is 15.4 Å². The van der Waals surface area contributed by atoms with Crippen LogP contribution >= 0.6 is 0 Å². The van der Waals surface area contributed by atoms with Gasteiger partial charge in [0.25, 0.3) is 0 Å². The monoisotopic (exact) mass is 428 g/mol. The topological polar surface area (TPSA) is 104 Å². The number of hydrogen-bond acceptors (Lipinski definition) is 5. The van der Waals surface area contributed by atoms with Crippen molar-refractivity contribution in [3.8, 4) is 22.9 Å². The van der Waals surface area contributed by atoms with Gasteiger partial charge in [-0.25, -0.2) is 13.8 Å². The number of rotatable bonds is 6. The SMILES string of the molecule is COc1cc(F)ccc1-c1cc(NC(=O)[C@H]2CCC[C@@H](NC(=O)CC#N)C2)ncc1F. The molecule has 31 heavy (non-hydrogen) atoms. The Hall–Kier alpha value is -3.54. The van der Waals surface area contributed by atoms with Crippen LogP contribution in [-0.2, 0) is 9.59 Å². The number of aromatic nitrogens is 1. The quantitative estimate of drug-likeness (QED) is 0.732. The molecular weight excluding hydrogens is 406 g/mol. The van der Waals surface area contributed by atoms with Gasteiger partial charge in [0.05, 0.1) is 19.4 Å². The van der Waals surface area contributed by atoms with Crippen molar-refractivity contribution >= 4 is 17.6 Å². The maximum absolute atomic E-state index is 14.4. The lowest BCUT2D eigenvalue weighted by Gasteiger charge is -2.28. The number of nitrogens with one attached hydrogen (secondary N) is 2. The van der Waals surface area contributed by atoms with Gasteiger partial charge in [0, 0.05) is 29.2 Å². The molecular formula is C22H22F2N4O3. The molecule has 2 atom stereocenters. The lowest BCUT2D eigenvalue weighted by atomic mass is 9.85. The van der Waals surface area contributed by atoms with Gasteiger partial charge < -0.3 is 15.4 Å². The predicted molar refractivity (Wildman–Crippen MR) is 109 cm³/mol. The van der Waals surface area contributed by atoms with Crippen molar-refractivity contribution in [3.05, 3.63) is 42.1 Å². The molecule has 9 heteroatoms. The van der Waals surface area contributed by atoms with Crippen LogP contribution in [0.2, 0.25) is 0 Å². The first-order chi connectivity index (χ1) is 14.9. The summed E-state index contributed by atoms with van der Waals surface area (Å²) >= 11 is 0. The van der Waals surface area contributed by atoms with E-state index < -0.39 is 11.6 Å². The first-order valence-electron chi connectivity index (χ1n) is 9.88. The smallest absolute Gasteiger partial charge is 0.234 e. The van der Waals surface area contributed by atoms with E-state index in [4.69, 9.17) is 10.00 Å². The van der Waals surface area contributed by atoms with E-state index in [0.717, 1.165) is 25.1 Å². The first kappa shape index (κ1) is 22.2. The second kappa shape index (κ2) is 9.98. The van der Waals surface area contributed by atoms with Crippen LogP contribution in [0.4, 0.5) is 14.6 Å². The van der Waals surface area contributed by atoms with Crippen LogP contribution in [0.1, 0.15) is 32.1 Å². The Morgan fingerprint density at radius 3 is 2.81 bits per heavy atom. The molecule has 1 fully saturated rings. The van der Waals surface area contributed by atoms with E-state index in [-0.39, 0.29) is 47.3 Å². The highest BCUT2D eigenvalue weighted by atomic mass is 19.1. The molecule has 162 valence electrons. The van der Waals surface area contributed by atoms with E-state index in [1.807, 2.05) is 0 Å². The van der Waals surface area contributed by atoms with Gasteiger partial charge in [-0.05, 0) is 37.5 Å². The molecule has 2 aromatic rings. The highest BCUT2D eigenvalue weighted by Crippen LogP contribution is 2.33. The third kappa shape index (κ3) is 5.54. The van der Waals surface area contributed by atoms with E-state index in [1.54, 1.807) is 6.07 Å². The number of amides is 2. The standard InChI is InChI=1S/C22H22F2N4O3/c1-31-19-10-14(23)5-6-16(19)17-11-20(26-12-18(17)24)28-22(30)13-3-2-4-15(9-13)27-21(29)7-8-25/h5-6,10-13,15H,2-4,7,9H2,1H3,(H,27,29)(H,26,28,30)/t13-,15+/m0/s1. The highest BCUT2D eigenvalue weighted by Gasteiger charge is 2.28. The van der Waals surface area contributed by atoms with E-state index in [1.165, 1.54) is 25.3 Å². The van der Waals surface area contributed by atoms with Gasteiger partial charge in [-0.1, -0.05) is 6.42 Å². The highest BCUT2D eigenvalue weighted by molar-refractivity contribution is 5.92. The summed E-state index contributed by atoms with van der Waals surface area (Å²) in [6, 6.07) is 6.73. The number of benzene rings is 1. The third-order valence-corrected chi connectivity index (χ3v) is 5.21. The van der Waals surface area contributed by atoms with Gasteiger partial charge in [0.1, 0.15) is 29.6 Å². The average molecular weight is 428 g/mol. The van der Waals surface area contributed by atoms with Crippen LogP contribution in [0.25, 0.3) is 11.1 Å². The minimum absolute atomic E-state index is 0.118. The number of halogens is 2. The van der Waals surface area contributed by atoms with Crippen molar-refractivity contribution in [3.63, 3.8) is 0 Å². The zero-order valence-electron chi connectivity index (χ0n) is 17.0. The van der Waals surface area contributed by atoms with Gasteiger partial charge in [0.2, 0.25) is 11.8 Å². The number of carbonyl (C=O) groups excluding carboxylic acids is 2. The molecule has 3 rings (SSSR count). The number of pyridine rings is 1. The van der Waals surface area contributed by atoms with Crippen LogP contribution in [0.5, 0.6) is 5.75 Å². The van der Waals surface area contributed by atoms with Crippen molar-refractivity contribution < 1.29 is 23.1 Å². The molecule has 0 aliphatic heterocycles. The van der Waals surface area contributed by atoms with Crippen molar-refractivity contribution in [2.24, 2.45) is 5.92 Å². The number of hydrogen-bond donors (Lipinski definition) is 2. The molecule has 7 nitrogen and oxygen atoms in total. The fourth-order valence-electron chi connectivity index (χ4n) is 3.74. The van der Waals surface area contributed by atoms with Crippen molar-refractivity contribution in [2.75, 3.05) is 12.4 Å². The third-order valence-electron chi connectivity index (χ3n) is 5.21. The Kier molecular flexibility index (Phi) is 7.13. The largest absolute Gasteiger partial charge is 0.496 e. The van der Waals surface area contributed by atoms with Crippen LogP contribution in [0, 0.1) is 28.9 Å². The summed E-state index contributed by atoms with van der Waals surface area (Å²) in [6.45, 7) is 0. The molecule has 0 radical (unpaired) electrons. The normalized spacial score (nSPS) is 18.0. The number of methoxy groups -OCH3 is 1. The molecule has 1 aromatic carbocycles. The first-order valence-corrected chi connectivity index (χ1v) is 9.88. The molecule has 0 bridgehead atoms. The lowest BCUT2D eigenvalue weighted by molar-refractivity contribution is -0.124. The Bertz CT molecular complexity index is 1020. The summed E-state index contributed by atoms with van der Waals surface area (Å²) in [5.41, 5.74) is 0.449. The molecule has 1 aliphatic carbocycles. The van der Waals surface area contributed by atoms with Crippen molar-refractivity contribution in [1.29, 1.82) is 5.26 Å². The number of carbonyl (C=O) groups is 2. The van der Waals surface area contributed by atoms with Gasteiger partial charge in [0.15, 0.2) is 0 Å². The van der Waals surface area contributed by atoms with E-state index in [2.05, 4.69) is 15.6 Å². The molecule has 1 saturated carbocycles. The van der Waals surface area contributed by atoms with Gasteiger partial charge >= 0.3 is 0 Å². The van der Waals surface area contributed by atoms with Crippen LogP contribution in [-0.4, -0.2) is 29.9 Å². The molecule has 0 unspecified atom stereocenters. The van der Waals surface area contributed by atoms with Crippen molar-refractivity contribution in [1.82, 2.24) is 10.3 Å². The Morgan fingerprint density at radius 1 is 1.26 bits per heavy atom. The lowest BCUT2D eigenvalue weighted by Crippen LogP contribution is -2.40. The van der Waals surface area contributed by atoms with Gasteiger partial charge in [-0.2, -0.15) is 5.26 Å². The predicted octanol–water partition coefficient (Wildman–Crippen LogP) is 3.56. The molecule has 0 spiro atoms. The minimum atomic E-state index is -0.638. The number of nitrogens with zero attached hydrogens (tertiary/aromatic N) is 2. The summed E-state index contributed by atoms with van der Waals surface area (Å²) in [4.78, 5) is 28.3. The maximum Gasteiger partial charge on any atom is 0.234 e. The summed E-state index contributed by atoms with van der Waals surface area (Å²) < 4.78 is 33.0. The molecule has 2 amide bonds. The number of ether oxygens (including phenoxy) is 1. The molecule has 0 saturated heterocycles. The van der Waals surface area contributed by atoms with Crippen LogP contribution in [0.15, 0.2) is 30.5 Å². The Morgan fingerprint density at radius 2 is 2.06 bits per heavy atom. The molecule has 1 heterocycles. The summed E-state index contributed by atoms with van der Waals surface area (Å²) in [5.74, 6) is -1.83. The second-order valence-electron chi connectivity index (χ2n) is 7.35. The van der Waals surface area contributed by atoms with E-state index >= 15 is 0 Å². The minimum Gasteiger partial charge on any atom is -0.496 e. The average Bonchev–Trinajstić information content (AvgIpc) is 2.75.